The van der Waals surface area contributed by atoms with Crippen LogP contribution in [0.3, 0.4) is 0 Å². The topological polar surface area (TPSA) is 86.7 Å². The van der Waals surface area contributed by atoms with Gasteiger partial charge in [0, 0.05) is 5.94 Å². The van der Waals surface area contributed by atoms with Crippen LogP contribution in [0, 0.1) is 0 Å². The highest BCUT2D eigenvalue weighted by Gasteiger charge is 2.18. The Kier molecular flexibility index (Phi) is 3.30. The zero-order valence-electron chi connectivity index (χ0n) is 7.09. The lowest BCUT2D eigenvalue weighted by atomic mass is 9.77. The van der Waals surface area contributed by atoms with Crippen molar-refractivity contribution >= 4 is 7.12 Å². The molecule has 0 bridgehead atoms. The molecule has 0 saturated heterocycles. The second-order valence-corrected chi connectivity index (χ2v) is 2.95. The molecule has 70 valence electrons. The van der Waals surface area contributed by atoms with E-state index in [0.29, 0.717) is 6.42 Å². The summed E-state index contributed by atoms with van der Waals surface area (Å²) in [7, 11) is -1.51. The van der Waals surface area contributed by atoms with Gasteiger partial charge in [0.2, 0.25) is 0 Å². The first kappa shape index (κ1) is 10.0. The molecule has 0 radical (unpaired) electrons. The van der Waals surface area contributed by atoms with Crippen LogP contribution < -0.4 is 5.73 Å². The van der Waals surface area contributed by atoms with Crippen molar-refractivity contribution in [2.24, 2.45) is 5.73 Å². The summed E-state index contributed by atoms with van der Waals surface area (Å²) >= 11 is 0. The predicted octanol–water partition coefficient (Wildman–Crippen LogP) is -0.726. The van der Waals surface area contributed by atoms with Crippen LogP contribution in [0.5, 0.6) is 5.75 Å². The van der Waals surface area contributed by atoms with Crippen LogP contribution in [-0.4, -0.2) is 28.2 Å². The van der Waals surface area contributed by atoms with Gasteiger partial charge in [-0.15, -0.1) is 0 Å². The number of phenols is 1. The average molecular weight is 181 g/mol. The van der Waals surface area contributed by atoms with Crippen LogP contribution in [0.1, 0.15) is 5.56 Å². The molecule has 5 N–H and O–H groups in total. The first-order valence-electron chi connectivity index (χ1n) is 3.99. The summed E-state index contributed by atoms with van der Waals surface area (Å²) in [5, 5.41) is 26.4. The van der Waals surface area contributed by atoms with Crippen molar-refractivity contribution in [2.45, 2.75) is 12.4 Å². The van der Waals surface area contributed by atoms with Gasteiger partial charge in [0.25, 0.3) is 0 Å². The second kappa shape index (κ2) is 4.27. The molecule has 0 heterocycles. The maximum atomic E-state index is 8.97. The third-order valence-corrected chi connectivity index (χ3v) is 1.79. The monoisotopic (exact) mass is 181 g/mol. The van der Waals surface area contributed by atoms with Gasteiger partial charge in [-0.1, -0.05) is 12.1 Å². The third kappa shape index (κ3) is 3.06. The number of nitrogens with two attached hydrogens (primary N) is 1. The molecule has 0 fully saturated rings. The Labute approximate surface area is 76.8 Å². The van der Waals surface area contributed by atoms with Gasteiger partial charge < -0.3 is 20.9 Å². The summed E-state index contributed by atoms with van der Waals surface area (Å²) in [6.07, 6.45) is 0.373. The highest BCUT2D eigenvalue weighted by molar-refractivity contribution is 6.43. The Bertz CT molecular complexity index is 263. The van der Waals surface area contributed by atoms with Crippen LogP contribution in [0.15, 0.2) is 24.3 Å². The van der Waals surface area contributed by atoms with Crippen molar-refractivity contribution in [1.29, 1.82) is 0 Å². The van der Waals surface area contributed by atoms with Crippen molar-refractivity contribution in [3.63, 3.8) is 0 Å². The number of phenolic OH excluding ortho intramolecular Hbond substituents is 1. The lowest BCUT2D eigenvalue weighted by Crippen LogP contribution is -2.40. The fourth-order valence-corrected chi connectivity index (χ4v) is 1.01. The summed E-state index contributed by atoms with van der Waals surface area (Å²) in [6, 6.07) is 6.45. The van der Waals surface area contributed by atoms with E-state index in [2.05, 4.69) is 0 Å². The fourth-order valence-electron chi connectivity index (χ4n) is 1.01. The third-order valence-electron chi connectivity index (χ3n) is 1.79. The van der Waals surface area contributed by atoms with E-state index in [1.54, 1.807) is 12.1 Å². The van der Waals surface area contributed by atoms with E-state index in [9.17, 15) is 0 Å². The molecule has 0 aliphatic heterocycles. The molecular formula is C8H12BNO3. The molecule has 1 aromatic rings. The Morgan fingerprint density at radius 2 is 1.77 bits per heavy atom. The number of hydrogen-bond donors (Lipinski definition) is 4. The molecule has 0 aliphatic carbocycles. The molecule has 1 rings (SSSR count). The minimum absolute atomic E-state index is 0.182. The lowest BCUT2D eigenvalue weighted by Gasteiger charge is -2.09. The molecule has 0 aliphatic rings. The molecule has 0 aromatic heterocycles. The molecule has 1 atom stereocenters. The van der Waals surface area contributed by atoms with Gasteiger partial charge in [-0.2, -0.15) is 0 Å². The number of hydrogen-bond acceptors (Lipinski definition) is 4. The van der Waals surface area contributed by atoms with Crippen LogP contribution in [-0.2, 0) is 6.42 Å². The molecule has 5 heteroatoms. The van der Waals surface area contributed by atoms with Crippen LogP contribution in [0.2, 0.25) is 0 Å². The van der Waals surface area contributed by atoms with Crippen molar-refractivity contribution in [1.82, 2.24) is 0 Å². The molecule has 0 saturated carbocycles. The minimum atomic E-state index is -1.51. The number of rotatable bonds is 3. The largest absolute Gasteiger partial charge is 0.508 e. The van der Waals surface area contributed by atoms with Gasteiger partial charge in [0.05, 0.1) is 0 Å². The van der Waals surface area contributed by atoms with Crippen molar-refractivity contribution in [3.05, 3.63) is 29.8 Å². The van der Waals surface area contributed by atoms with Gasteiger partial charge >= 0.3 is 7.12 Å². The zero-order chi connectivity index (χ0) is 9.84. The van der Waals surface area contributed by atoms with Crippen molar-refractivity contribution in [2.75, 3.05) is 0 Å². The van der Waals surface area contributed by atoms with E-state index >= 15 is 0 Å². The summed E-state index contributed by atoms with van der Waals surface area (Å²) in [5.74, 6) is -0.508. The predicted molar refractivity (Wildman–Crippen MR) is 50.0 cm³/mol. The van der Waals surface area contributed by atoms with E-state index in [1.807, 2.05) is 0 Å². The molecule has 0 amide bonds. The smallest absolute Gasteiger partial charge is 0.469 e. The van der Waals surface area contributed by atoms with Gasteiger partial charge in [-0.3, -0.25) is 0 Å². The summed E-state index contributed by atoms with van der Waals surface area (Å²) in [5.41, 5.74) is 6.28. The normalized spacial score (nSPS) is 12.5. The molecular weight excluding hydrogens is 169 g/mol. The Morgan fingerprint density at radius 3 is 2.23 bits per heavy atom. The highest BCUT2D eigenvalue weighted by atomic mass is 16.4. The second-order valence-electron chi connectivity index (χ2n) is 2.95. The molecule has 0 unspecified atom stereocenters. The summed E-state index contributed by atoms with van der Waals surface area (Å²) in [6.45, 7) is 0. The van der Waals surface area contributed by atoms with Gasteiger partial charge in [-0.05, 0) is 24.1 Å². The van der Waals surface area contributed by atoms with Crippen molar-refractivity contribution < 1.29 is 15.2 Å². The van der Waals surface area contributed by atoms with Crippen molar-refractivity contribution in [3.8, 4) is 5.75 Å². The first-order chi connectivity index (χ1) is 6.09. The van der Waals surface area contributed by atoms with E-state index in [0.717, 1.165) is 5.56 Å². The first-order valence-corrected chi connectivity index (χ1v) is 3.99. The van der Waals surface area contributed by atoms with E-state index in [4.69, 9.17) is 20.9 Å². The van der Waals surface area contributed by atoms with Gasteiger partial charge in [0.15, 0.2) is 0 Å². The maximum Gasteiger partial charge on any atom is 0.469 e. The Hall–Kier alpha value is -1.04. The quantitative estimate of drug-likeness (QED) is 0.463. The Balaban J connectivity index is 2.59. The van der Waals surface area contributed by atoms with Gasteiger partial charge in [0.1, 0.15) is 5.75 Å². The number of benzene rings is 1. The van der Waals surface area contributed by atoms with E-state index in [1.165, 1.54) is 12.1 Å². The molecule has 1 aromatic carbocycles. The van der Waals surface area contributed by atoms with E-state index in [-0.39, 0.29) is 5.75 Å². The maximum absolute atomic E-state index is 8.97. The highest BCUT2D eigenvalue weighted by Crippen LogP contribution is 2.10. The SMILES string of the molecule is N[C@@H](Cc1ccc(O)cc1)B(O)O. The van der Waals surface area contributed by atoms with Crippen LogP contribution in [0.25, 0.3) is 0 Å². The van der Waals surface area contributed by atoms with Crippen LogP contribution in [0.4, 0.5) is 0 Å². The lowest BCUT2D eigenvalue weighted by molar-refractivity contribution is 0.386. The average Bonchev–Trinajstić information content (AvgIpc) is 2.08. The minimum Gasteiger partial charge on any atom is -0.508 e. The molecule has 4 nitrogen and oxygen atoms in total. The Morgan fingerprint density at radius 1 is 1.23 bits per heavy atom. The fraction of sp³-hybridized carbons (Fsp3) is 0.250. The zero-order valence-corrected chi connectivity index (χ0v) is 7.09. The number of aromatic hydroxyl groups is 1. The summed E-state index contributed by atoms with van der Waals surface area (Å²) < 4.78 is 0. The van der Waals surface area contributed by atoms with Gasteiger partial charge in [-0.25, -0.2) is 0 Å². The van der Waals surface area contributed by atoms with E-state index < -0.39 is 13.1 Å². The summed E-state index contributed by atoms with van der Waals surface area (Å²) in [4.78, 5) is 0. The molecule has 0 spiro atoms. The van der Waals surface area contributed by atoms with Crippen LogP contribution >= 0.6 is 0 Å². The molecule has 13 heavy (non-hydrogen) atoms. The standard InChI is InChI=1S/C8H12BNO3/c10-8(9(12)13)5-6-1-3-7(11)4-2-6/h1-4,8,11-13H,5,10H2/t8-/m0/s1.